The molecule has 0 saturated carbocycles. The van der Waals surface area contributed by atoms with Crippen LogP contribution >= 0.6 is 0 Å². The van der Waals surface area contributed by atoms with Gasteiger partial charge in [0.25, 0.3) is 5.91 Å². The van der Waals surface area contributed by atoms with Crippen LogP contribution in [0, 0.1) is 13.8 Å². The predicted molar refractivity (Wildman–Crippen MR) is 117 cm³/mol. The van der Waals surface area contributed by atoms with Crippen LogP contribution in [0.4, 0.5) is 0 Å². The van der Waals surface area contributed by atoms with Gasteiger partial charge in [-0.1, -0.05) is 5.21 Å². The highest BCUT2D eigenvalue weighted by molar-refractivity contribution is 5.96. The van der Waals surface area contributed by atoms with Crippen LogP contribution in [0.1, 0.15) is 27.9 Å². The molecular weight excluding hydrogens is 414 g/mol. The number of fused-ring (bicyclic) bond motifs is 1. The Hall–Kier alpha value is -3.95. The Bertz CT molecular complexity index is 1120. The molecule has 10 nitrogen and oxygen atoms in total. The molecule has 0 saturated heterocycles. The van der Waals surface area contributed by atoms with E-state index in [2.05, 4.69) is 40.9 Å². The van der Waals surface area contributed by atoms with Crippen molar-refractivity contribution in [1.82, 2.24) is 25.6 Å². The van der Waals surface area contributed by atoms with E-state index in [4.69, 9.17) is 9.84 Å². The topological polar surface area (TPSA) is 135 Å². The lowest BCUT2D eigenvalue weighted by molar-refractivity contribution is -0.137. The van der Waals surface area contributed by atoms with Crippen LogP contribution in [0.2, 0.25) is 0 Å². The number of carbonyl (C=O) groups is 3. The van der Waals surface area contributed by atoms with Crippen LogP contribution in [0.5, 0.6) is 5.75 Å². The number of aliphatic carboxylic acids is 1. The molecule has 0 spiro atoms. The van der Waals surface area contributed by atoms with E-state index >= 15 is 0 Å². The zero-order chi connectivity index (χ0) is 23.1. The highest BCUT2D eigenvalue weighted by Gasteiger charge is 2.10. The number of aryl methyl sites for hydroxylation is 3. The highest BCUT2D eigenvalue weighted by atomic mass is 16.5. The fourth-order valence-corrected chi connectivity index (χ4v) is 2.99. The van der Waals surface area contributed by atoms with Crippen LogP contribution in [0.25, 0.3) is 11.0 Å². The average molecular weight is 439 g/mol. The third kappa shape index (κ3) is 6.03. The summed E-state index contributed by atoms with van der Waals surface area (Å²) in [4.78, 5) is 33.9. The Labute approximate surface area is 184 Å². The lowest BCUT2D eigenvalue weighted by Gasteiger charge is -2.09. The minimum Gasteiger partial charge on any atom is -0.494 e. The smallest absolute Gasteiger partial charge is 0.322 e. The van der Waals surface area contributed by atoms with Gasteiger partial charge in [-0.25, -0.2) is 4.68 Å². The molecule has 0 fully saturated rings. The largest absolute Gasteiger partial charge is 0.494 e. The molecule has 2 amide bonds. The van der Waals surface area contributed by atoms with Gasteiger partial charge in [-0.3, -0.25) is 14.4 Å². The first-order valence-electron chi connectivity index (χ1n) is 10.1. The van der Waals surface area contributed by atoms with Crippen LogP contribution in [0.3, 0.4) is 0 Å². The highest BCUT2D eigenvalue weighted by Crippen LogP contribution is 2.17. The monoisotopic (exact) mass is 439 g/mol. The fourth-order valence-electron chi connectivity index (χ4n) is 2.99. The summed E-state index contributed by atoms with van der Waals surface area (Å²) in [5, 5.41) is 21.5. The number of carboxylic acids is 1. The third-order valence-electron chi connectivity index (χ3n) is 4.88. The van der Waals surface area contributed by atoms with Gasteiger partial charge in [0.15, 0.2) is 0 Å². The lowest BCUT2D eigenvalue weighted by Crippen LogP contribution is -2.38. The van der Waals surface area contributed by atoms with Gasteiger partial charge in [-0.05, 0) is 61.4 Å². The number of ether oxygens (including phenoxy) is 1. The van der Waals surface area contributed by atoms with E-state index in [0.29, 0.717) is 24.5 Å². The molecule has 1 aromatic heterocycles. The summed E-state index contributed by atoms with van der Waals surface area (Å²) >= 11 is 0. The molecule has 0 aliphatic carbocycles. The Morgan fingerprint density at radius 1 is 1.03 bits per heavy atom. The van der Waals surface area contributed by atoms with E-state index in [1.54, 1.807) is 24.3 Å². The SMILES string of the molecule is Cc1cc2nnn(CCCOc3ccc(C(=O)NCC(=O)NCC(=O)O)cc3)c2cc1C. The first-order valence-corrected chi connectivity index (χ1v) is 10.1. The zero-order valence-corrected chi connectivity index (χ0v) is 17.9. The Morgan fingerprint density at radius 3 is 2.47 bits per heavy atom. The number of nitrogens with one attached hydrogen (secondary N) is 2. The molecule has 10 heteroatoms. The van der Waals surface area contributed by atoms with Gasteiger partial charge in [0.05, 0.1) is 18.7 Å². The quantitative estimate of drug-likeness (QED) is 0.407. The standard InChI is InChI=1S/C22H25N5O5/c1-14-10-18-19(11-15(14)2)27(26-25-18)8-3-9-32-17-6-4-16(5-7-17)22(31)24-12-20(28)23-13-21(29)30/h4-7,10-11H,3,8-9,12-13H2,1-2H3,(H,23,28)(H,24,31)(H,29,30). The van der Waals surface area contributed by atoms with Crippen molar-refractivity contribution in [2.75, 3.05) is 19.7 Å². The molecular formula is C22H25N5O5. The normalized spacial score (nSPS) is 10.7. The molecule has 0 aliphatic rings. The molecule has 0 unspecified atom stereocenters. The van der Waals surface area contributed by atoms with E-state index in [9.17, 15) is 14.4 Å². The number of hydrogen-bond acceptors (Lipinski definition) is 6. The second-order valence-electron chi connectivity index (χ2n) is 7.32. The molecule has 3 N–H and O–H groups in total. The predicted octanol–water partition coefficient (Wildman–Crippen LogP) is 1.45. The Kier molecular flexibility index (Phi) is 7.37. The molecule has 0 radical (unpaired) electrons. The number of nitrogens with zero attached hydrogens (tertiary/aromatic N) is 3. The van der Waals surface area contributed by atoms with Crippen molar-refractivity contribution in [3.63, 3.8) is 0 Å². The maximum atomic E-state index is 12.1. The van der Waals surface area contributed by atoms with Gasteiger partial charge >= 0.3 is 5.97 Å². The maximum absolute atomic E-state index is 12.1. The summed E-state index contributed by atoms with van der Waals surface area (Å²) in [7, 11) is 0. The van der Waals surface area contributed by atoms with Crippen LogP contribution in [0.15, 0.2) is 36.4 Å². The zero-order valence-electron chi connectivity index (χ0n) is 17.9. The van der Waals surface area contributed by atoms with Crippen molar-refractivity contribution in [1.29, 1.82) is 0 Å². The molecule has 32 heavy (non-hydrogen) atoms. The van der Waals surface area contributed by atoms with Crippen LogP contribution < -0.4 is 15.4 Å². The number of hydrogen-bond donors (Lipinski definition) is 3. The molecule has 2 aromatic carbocycles. The van der Waals surface area contributed by atoms with Crippen molar-refractivity contribution in [2.24, 2.45) is 0 Å². The number of carbonyl (C=O) groups excluding carboxylic acids is 2. The summed E-state index contributed by atoms with van der Waals surface area (Å²) in [6, 6.07) is 10.7. The lowest BCUT2D eigenvalue weighted by atomic mass is 10.1. The first-order chi connectivity index (χ1) is 15.3. The number of aromatic nitrogens is 3. The van der Waals surface area contributed by atoms with Crippen molar-refractivity contribution >= 4 is 28.8 Å². The number of carboxylic acid groups (broad SMARTS) is 1. The van der Waals surface area contributed by atoms with Crippen LogP contribution in [-0.2, 0) is 16.1 Å². The number of rotatable bonds is 10. The molecule has 1 heterocycles. The molecule has 168 valence electrons. The van der Waals surface area contributed by atoms with E-state index in [1.807, 2.05) is 10.7 Å². The van der Waals surface area contributed by atoms with Crippen molar-refractivity contribution in [3.8, 4) is 5.75 Å². The molecule has 0 bridgehead atoms. The van der Waals surface area contributed by atoms with E-state index in [1.165, 1.54) is 11.1 Å². The molecule has 0 atom stereocenters. The van der Waals surface area contributed by atoms with E-state index in [-0.39, 0.29) is 6.54 Å². The minimum absolute atomic E-state index is 0.305. The first kappa shape index (κ1) is 22.7. The van der Waals surface area contributed by atoms with Gasteiger partial charge < -0.3 is 20.5 Å². The van der Waals surface area contributed by atoms with Crippen molar-refractivity contribution in [2.45, 2.75) is 26.8 Å². The number of amides is 2. The summed E-state index contributed by atoms with van der Waals surface area (Å²) in [6.45, 7) is 4.46. The summed E-state index contributed by atoms with van der Waals surface area (Å²) in [5.74, 6) is -1.55. The van der Waals surface area contributed by atoms with Crippen molar-refractivity contribution in [3.05, 3.63) is 53.1 Å². The summed E-state index contributed by atoms with van der Waals surface area (Å²) in [5.41, 5.74) is 4.62. The Morgan fingerprint density at radius 2 is 1.75 bits per heavy atom. The fraction of sp³-hybridized carbons (Fsp3) is 0.318. The molecule has 3 rings (SSSR count). The van der Waals surface area contributed by atoms with Crippen LogP contribution in [-0.4, -0.2) is 57.6 Å². The van der Waals surface area contributed by atoms with Gasteiger partial charge in [0, 0.05) is 18.5 Å². The average Bonchev–Trinajstić information content (AvgIpc) is 3.15. The van der Waals surface area contributed by atoms with Crippen molar-refractivity contribution < 1.29 is 24.2 Å². The summed E-state index contributed by atoms with van der Waals surface area (Å²) in [6.07, 6.45) is 0.735. The van der Waals surface area contributed by atoms with Gasteiger partial charge in [0.2, 0.25) is 5.91 Å². The van der Waals surface area contributed by atoms with Gasteiger partial charge in [-0.2, -0.15) is 0 Å². The van der Waals surface area contributed by atoms with Gasteiger partial charge in [0.1, 0.15) is 17.8 Å². The Balaban J connectivity index is 1.43. The second-order valence-corrected chi connectivity index (χ2v) is 7.32. The number of benzene rings is 2. The molecule has 0 aliphatic heterocycles. The maximum Gasteiger partial charge on any atom is 0.322 e. The van der Waals surface area contributed by atoms with E-state index in [0.717, 1.165) is 17.5 Å². The molecule has 3 aromatic rings. The third-order valence-corrected chi connectivity index (χ3v) is 4.88. The minimum atomic E-state index is -1.15. The summed E-state index contributed by atoms with van der Waals surface area (Å²) < 4.78 is 7.60. The van der Waals surface area contributed by atoms with Gasteiger partial charge in [-0.15, -0.1) is 5.10 Å². The second kappa shape index (κ2) is 10.4. The van der Waals surface area contributed by atoms with E-state index < -0.39 is 24.3 Å².